The van der Waals surface area contributed by atoms with Gasteiger partial charge in [-0.25, -0.2) is 4.99 Å². The topological polar surface area (TPSA) is 146 Å². The summed E-state index contributed by atoms with van der Waals surface area (Å²) in [6.45, 7) is 3.22. The molecule has 0 aromatic heterocycles. The number of aliphatic hydroxyl groups is 1. The largest absolute Gasteiger partial charge is 0.493 e. The summed E-state index contributed by atoms with van der Waals surface area (Å²) in [6.07, 6.45) is 2.77. The minimum Gasteiger partial charge on any atom is -0.493 e. The summed E-state index contributed by atoms with van der Waals surface area (Å²) >= 11 is 0. The summed E-state index contributed by atoms with van der Waals surface area (Å²) < 4.78 is 11.0. The minimum atomic E-state index is -0.333. The lowest BCUT2D eigenvalue weighted by atomic mass is 9.99. The summed E-state index contributed by atoms with van der Waals surface area (Å²) in [6, 6.07) is -0.0879. The zero-order chi connectivity index (χ0) is 16.4. The number of nitrogens with two attached hydrogens (primary N) is 3. The minimum absolute atomic E-state index is 0.0636. The van der Waals surface area contributed by atoms with E-state index >= 15 is 0 Å². The highest BCUT2D eigenvalue weighted by Gasteiger charge is 2.29. The Morgan fingerprint density at radius 1 is 1.57 bits per heavy atom. The Bertz CT molecular complexity index is 376. The van der Waals surface area contributed by atoms with E-state index in [2.05, 4.69) is 10.7 Å². The van der Waals surface area contributed by atoms with Gasteiger partial charge in [-0.15, -0.1) is 0 Å². The van der Waals surface area contributed by atoms with E-state index in [4.69, 9.17) is 26.0 Å². The van der Waals surface area contributed by atoms with Gasteiger partial charge in [-0.1, -0.05) is 0 Å². The number of methoxy groups -OCH3 is 1. The second-order valence-electron chi connectivity index (χ2n) is 4.69. The van der Waals surface area contributed by atoms with Crippen molar-refractivity contribution in [3.63, 3.8) is 0 Å². The van der Waals surface area contributed by atoms with Gasteiger partial charge in [-0.05, 0) is 13.0 Å². The molecule has 0 bridgehead atoms. The van der Waals surface area contributed by atoms with Crippen molar-refractivity contribution in [1.82, 2.24) is 0 Å². The van der Waals surface area contributed by atoms with E-state index < -0.39 is 0 Å². The van der Waals surface area contributed by atoms with Gasteiger partial charge < -0.3 is 31.8 Å². The molecule has 0 aromatic carbocycles. The number of aliphatic hydroxyl groups excluding tert-OH is 1. The quantitative estimate of drug-likeness (QED) is 0.386. The maximum absolute atomic E-state index is 9.22. The number of amides is 1. The lowest BCUT2D eigenvalue weighted by Gasteiger charge is -2.31. The Morgan fingerprint density at radius 2 is 2.14 bits per heavy atom. The van der Waals surface area contributed by atoms with Crippen LogP contribution in [0.25, 0.3) is 0 Å². The van der Waals surface area contributed by atoms with E-state index in [1.807, 2.05) is 13.0 Å². The van der Waals surface area contributed by atoms with Gasteiger partial charge in [0.15, 0.2) is 5.96 Å². The first-order chi connectivity index (χ1) is 9.79. The normalized spacial score (nSPS) is 22.0. The summed E-state index contributed by atoms with van der Waals surface area (Å²) in [4.78, 5) is 13.3. The third-order valence-corrected chi connectivity index (χ3v) is 2.68. The number of hydrogen-bond acceptors (Lipinski definition) is 5. The summed E-state index contributed by atoms with van der Waals surface area (Å²) in [5, 5.41) is 8.96. The molecule has 1 aliphatic heterocycles. The van der Waals surface area contributed by atoms with Crippen LogP contribution in [0.2, 0.25) is 0 Å². The number of hydrogen-bond donors (Lipinski definition) is 4. The Hall–Kier alpha value is -1.80. The van der Waals surface area contributed by atoms with Crippen LogP contribution >= 0.6 is 0 Å². The van der Waals surface area contributed by atoms with Crippen LogP contribution in [-0.2, 0) is 14.3 Å². The molecule has 1 aliphatic rings. The van der Waals surface area contributed by atoms with Gasteiger partial charge in [0.1, 0.15) is 6.10 Å². The average Bonchev–Trinajstić information content (AvgIpc) is 2.33. The van der Waals surface area contributed by atoms with E-state index in [9.17, 15) is 4.79 Å². The van der Waals surface area contributed by atoms with E-state index in [-0.39, 0.29) is 36.7 Å². The maximum atomic E-state index is 9.22. The van der Waals surface area contributed by atoms with Gasteiger partial charge in [-0.3, -0.25) is 4.79 Å². The van der Waals surface area contributed by atoms with Crippen LogP contribution in [0.5, 0.6) is 0 Å². The molecule has 8 heteroatoms. The third kappa shape index (κ3) is 8.87. The fourth-order valence-electron chi connectivity index (χ4n) is 2.00. The van der Waals surface area contributed by atoms with Crippen LogP contribution in [0.1, 0.15) is 26.7 Å². The van der Waals surface area contributed by atoms with Crippen LogP contribution in [0.15, 0.2) is 16.8 Å². The monoisotopic (exact) mass is 302 g/mol. The smallest absolute Gasteiger partial charge is 0.214 e. The van der Waals surface area contributed by atoms with E-state index in [0.717, 1.165) is 5.76 Å². The molecule has 1 amide bonds. The number of aliphatic imine (C=N–C) groups is 1. The molecule has 0 saturated heterocycles. The van der Waals surface area contributed by atoms with Crippen molar-refractivity contribution in [2.24, 2.45) is 22.2 Å². The molecule has 3 atom stereocenters. The number of guanidine groups is 1. The van der Waals surface area contributed by atoms with Crippen LogP contribution in [0, 0.1) is 0 Å². The van der Waals surface area contributed by atoms with Crippen LogP contribution < -0.4 is 17.2 Å². The Morgan fingerprint density at radius 3 is 2.57 bits per heavy atom. The van der Waals surface area contributed by atoms with Crippen molar-refractivity contribution in [2.75, 3.05) is 13.7 Å². The van der Waals surface area contributed by atoms with Crippen molar-refractivity contribution < 1.29 is 19.4 Å². The van der Waals surface area contributed by atoms with Gasteiger partial charge in [0.25, 0.3) is 0 Å². The fraction of sp³-hybridized carbons (Fsp3) is 0.692. The van der Waals surface area contributed by atoms with Crippen molar-refractivity contribution in [2.45, 2.75) is 44.9 Å². The Balaban J connectivity index is 0.000000885. The Kier molecular flexibility index (Phi) is 9.15. The first-order valence-electron chi connectivity index (χ1n) is 6.63. The first-order valence-corrected chi connectivity index (χ1v) is 6.63. The molecule has 0 fully saturated rings. The van der Waals surface area contributed by atoms with Crippen LogP contribution in [-0.4, -0.2) is 48.9 Å². The number of rotatable bonds is 5. The van der Waals surface area contributed by atoms with Gasteiger partial charge in [0.05, 0.1) is 17.9 Å². The number of ether oxygens (including phenoxy) is 2. The second-order valence-corrected chi connectivity index (χ2v) is 4.69. The van der Waals surface area contributed by atoms with Crippen molar-refractivity contribution >= 4 is 11.9 Å². The highest BCUT2D eigenvalue weighted by Crippen LogP contribution is 2.24. The van der Waals surface area contributed by atoms with Crippen LogP contribution in [0.4, 0.5) is 0 Å². The van der Waals surface area contributed by atoms with E-state index in [1.165, 1.54) is 6.92 Å². The predicted molar refractivity (Wildman–Crippen MR) is 80.2 cm³/mol. The molecular weight excluding hydrogens is 276 g/mol. The highest BCUT2D eigenvalue weighted by molar-refractivity contribution is 5.76. The van der Waals surface area contributed by atoms with E-state index in [0.29, 0.717) is 12.8 Å². The molecule has 3 unspecified atom stereocenters. The summed E-state index contributed by atoms with van der Waals surface area (Å²) in [5.74, 6) is 0.507. The third-order valence-electron chi connectivity index (χ3n) is 2.68. The number of primary amides is 1. The van der Waals surface area contributed by atoms with Crippen molar-refractivity contribution in [1.29, 1.82) is 0 Å². The second kappa shape index (κ2) is 10.0. The standard InChI is InChI=1S/C11H21N3O3.C2H5NO/c1-7-5-8(14-11(12)13)6-10(17-7)9(16-2)3-4-15;1-2(3)4/h5,8-10,15H,3-4,6H2,1-2H3,(H4,12,13,14);1H3,(H2,3,4). The first kappa shape index (κ1) is 19.2. The molecule has 0 saturated carbocycles. The lowest BCUT2D eigenvalue weighted by Crippen LogP contribution is -2.37. The number of carbonyl (C=O) groups is 1. The van der Waals surface area contributed by atoms with Gasteiger partial charge in [0, 0.05) is 33.5 Å². The molecule has 1 heterocycles. The zero-order valence-electron chi connectivity index (χ0n) is 12.8. The summed E-state index contributed by atoms with van der Waals surface area (Å²) in [5.41, 5.74) is 15.2. The van der Waals surface area contributed by atoms with Gasteiger partial charge in [0.2, 0.25) is 5.91 Å². The number of allylic oxidation sites excluding steroid dienone is 1. The SMILES string of the molecule is CC(N)=O.COC(CCO)C1CC(N=C(N)N)C=C(C)O1. The Labute approximate surface area is 125 Å². The fourth-order valence-corrected chi connectivity index (χ4v) is 2.00. The van der Waals surface area contributed by atoms with Gasteiger partial charge in [-0.2, -0.15) is 0 Å². The highest BCUT2D eigenvalue weighted by atomic mass is 16.5. The average molecular weight is 302 g/mol. The van der Waals surface area contributed by atoms with Gasteiger partial charge >= 0.3 is 0 Å². The predicted octanol–water partition coefficient (Wildman–Crippen LogP) is -0.790. The zero-order valence-corrected chi connectivity index (χ0v) is 12.8. The molecule has 7 N–H and O–H groups in total. The molecular formula is C13H26N4O4. The van der Waals surface area contributed by atoms with Crippen molar-refractivity contribution in [3.8, 4) is 0 Å². The lowest BCUT2D eigenvalue weighted by molar-refractivity contribution is -0.115. The molecule has 0 aromatic rings. The number of carbonyl (C=O) groups excluding carboxylic acids is 1. The molecule has 8 nitrogen and oxygen atoms in total. The summed E-state index contributed by atoms with van der Waals surface area (Å²) in [7, 11) is 1.60. The van der Waals surface area contributed by atoms with E-state index in [1.54, 1.807) is 7.11 Å². The molecule has 122 valence electrons. The number of nitrogens with zero attached hydrogens (tertiary/aromatic N) is 1. The van der Waals surface area contributed by atoms with Crippen molar-refractivity contribution in [3.05, 3.63) is 11.8 Å². The molecule has 0 aliphatic carbocycles. The molecule has 0 spiro atoms. The van der Waals surface area contributed by atoms with Crippen LogP contribution in [0.3, 0.4) is 0 Å². The molecule has 21 heavy (non-hydrogen) atoms. The maximum Gasteiger partial charge on any atom is 0.214 e. The molecule has 0 radical (unpaired) electrons. The molecule has 1 rings (SSSR count).